The van der Waals surface area contributed by atoms with Crippen LogP contribution >= 0.6 is 0 Å². The molecule has 10 heavy (non-hydrogen) atoms. The third-order valence-electron chi connectivity index (χ3n) is 1.10. The van der Waals surface area contributed by atoms with E-state index in [1.807, 2.05) is 18.2 Å². The zero-order valence-corrected chi connectivity index (χ0v) is 6.09. The number of rotatable bonds is 4. The number of nitrogens with two attached hydrogens (primary N) is 1. The van der Waals surface area contributed by atoms with Gasteiger partial charge in [-0.15, -0.1) is 0 Å². The molecular weight excluding hydrogens is 121 g/mol. The van der Waals surface area contributed by atoms with Crippen LogP contribution in [0.3, 0.4) is 0 Å². The van der Waals surface area contributed by atoms with E-state index in [2.05, 4.69) is 6.58 Å². The van der Waals surface area contributed by atoms with Crippen molar-refractivity contribution in [3.8, 4) is 0 Å². The first kappa shape index (κ1) is 9.24. The maximum atomic E-state index is 5.36. The number of hydrogen-bond acceptors (Lipinski definition) is 1. The van der Waals surface area contributed by atoms with Crippen molar-refractivity contribution in [1.82, 2.24) is 0 Å². The highest BCUT2D eigenvalue weighted by molar-refractivity contribution is 6.10. The lowest BCUT2D eigenvalue weighted by Gasteiger charge is -1.95. The van der Waals surface area contributed by atoms with E-state index in [4.69, 9.17) is 13.6 Å². The van der Waals surface area contributed by atoms with Crippen LogP contribution in [-0.4, -0.2) is 14.4 Å². The highest BCUT2D eigenvalue weighted by Gasteiger charge is 1.84. The first-order chi connectivity index (χ1) is 4.85. The average molecular weight is 133 g/mol. The molecule has 0 fully saturated rings. The molecule has 0 aromatic carbocycles. The Morgan fingerprint density at radius 1 is 1.50 bits per heavy atom. The van der Waals surface area contributed by atoms with Crippen LogP contribution < -0.4 is 5.73 Å². The van der Waals surface area contributed by atoms with Gasteiger partial charge in [0.25, 0.3) is 0 Å². The van der Waals surface area contributed by atoms with E-state index in [9.17, 15) is 0 Å². The van der Waals surface area contributed by atoms with Crippen LogP contribution in [-0.2, 0) is 0 Å². The second-order valence-electron chi connectivity index (χ2n) is 1.85. The smallest absolute Gasteiger partial charge is 0.0712 e. The summed E-state index contributed by atoms with van der Waals surface area (Å²) in [7, 11) is 5.36. The number of hydrogen-bond donors (Lipinski definition) is 1. The van der Waals surface area contributed by atoms with Crippen molar-refractivity contribution < 1.29 is 0 Å². The monoisotopic (exact) mass is 133 g/mol. The molecule has 0 saturated heterocycles. The van der Waals surface area contributed by atoms with Crippen molar-refractivity contribution in [3.05, 3.63) is 36.5 Å². The van der Waals surface area contributed by atoms with Crippen LogP contribution in [0.1, 0.15) is 0 Å². The van der Waals surface area contributed by atoms with Gasteiger partial charge in [0.15, 0.2) is 0 Å². The third kappa shape index (κ3) is 4.16. The van der Waals surface area contributed by atoms with E-state index in [0.717, 1.165) is 5.57 Å². The Kier molecular flexibility index (Phi) is 5.89. The summed E-state index contributed by atoms with van der Waals surface area (Å²) in [6, 6.07) is 0. The molecule has 0 spiro atoms. The van der Waals surface area contributed by atoms with Crippen LogP contribution in [0.25, 0.3) is 0 Å². The highest BCUT2D eigenvalue weighted by Crippen LogP contribution is 1.95. The average Bonchev–Trinajstić information content (AvgIpc) is 1.99. The molecule has 1 nitrogen and oxygen atoms in total. The Balaban J connectivity index is 3.85. The van der Waals surface area contributed by atoms with Gasteiger partial charge in [0.05, 0.1) is 7.85 Å². The summed E-state index contributed by atoms with van der Waals surface area (Å²) in [6.45, 7) is 4.06. The largest absolute Gasteiger partial charge is 0.327 e. The molecule has 0 aliphatic carbocycles. The molecule has 0 heterocycles. The van der Waals surface area contributed by atoms with Crippen molar-refractivity contribution in [2.24, 2.45) is 5.73 Å². The van der Waals surface area contributed by atoms with Gasteiger partial charge in [-0.25, -0.2) is 0 Å². The molecule has 0 rings (SSSR count). The van der Waals surface area contributed by atoms with Gasteiger partial charge in [0, 0.05) is 6.54 Å². The lowest BCUT2D eigenvalue weighted by molar-refractivity contribution is 1.14. The summed E-state index contributed by atoms with van der Waals surface area (Å²) in [6.07, 6.45) is 7.86. The summed E-state index contributed by atoms with van der Waals surface area (Å²) in [5, 5.41) is 0. The quantitative estimate of drug-likeness (QED) is 0.452. The second kappa shape index (κ2) is 6.37. The van der Waals surface area contributed by atoms with Crippen LogP contribution in [0.15, 0.2) is 36.5 Å². The molecule has 2 radical (unpaired) electrons. The minimum atomic E-state index is 0.526. The van der Waals surface area contributed by atoms with Gasteiger partial charge in [-0.2, -0.15) is 0 Å². The Morgan fingerprint density at radius 2 is 2.20 bits per heavy atom. The van der Waals surface area contributed by atoms with Gasteiger partial charge in [-0.05, 0) is 0 Å². The van der Waals surface area contributed by atoms with Gasteiger partial charge < -0.3 is 5.73 Å². The van der Waals surface area contributed by atoms with Gasteiger partial charge in [0.2, 0.25) is 0 Å². The predicted octanol–water partition coefficient (Wildman–Crippen LogP) is 1.20. The maximum absolute atomic E-state index is 5.36. The molecule has 0 aromatic heterocycles. The van der Waals surface area contributed by atoms with E-state index in [1.54, 1.807) is 6.08 Å². The summed E-state index contributed by atoms with van der Waals surface area (Å²) in [5.74, 6) is 0. The lowest BCUT2D eigenvalue weighted by Crippen LogP contribution is -2.01. The van der Waals surface area contributed by atoms with Crippen molar-refractivity contribution in [1.29, 1.82) is 0 Å². The Morgan fingerprint density at radius 3 is 2.60 bits per heavy atom. The molecule has 52 valence electrons. The van der Waals surface area contributed by atoms with Gasteiger partial charge in [-0.1, -0.05) is 42.8 Å². The minimum Gasteiger partial charge on any atom is -0.327 e. The van der Waals surface area contributed by atoms with Crippen molar-refractivity contribution in [2.75, 3.05) is 6.54 Å². The SMILES string of the molecule is [B]C/C(=C\C=C/C=C)CN. The minimum absolute atomic E-state index is 0.526. The Hall–Kier alpha value is -0.755. The molecule has 0 aliphatic rings. The van der Waals surface area contributed by atoms with Crippen LogP contribution in [0.4, 0.5) is 0 Å². The van der Waals surface area contributed by atoms with Crippen molar-refractivity contribution in [2.45, 2.75) is 6.32 Å². The fourth-order valence-electron chi connectivity index (χ4n) is 0.490. The summed E-state index contributed by atoms with van der Waals surface area (Å²) >= 11 is 0. The predicted molar refractivity (Wildman–Crippen MR) is 47.0 cm³/mol. The normalized spacial score (nSPS) is 12.3. The molecule has 0 atom stereocenters. The van der Waals surface area contributed by atoms with Crippen LogP contribution in [0.2, 0.25) is 6.32 Å². The molecule has 0 unspecified atom stereocenters. The third-order valence-corrected chi connectivity index (χ3v) is 1.10. The van der Waals surface area contributed by atoms with Crippen molar-refractivity contribution >= 4 is 7.85 Å². The summed E-state index contributed by atoms with van der Waals surface area (Å²) in [4.78, 5) is 0. The van der Waals surface area contributed by atoms with Crippen molar-refractivity contribution in [3.63, 3.8) is 0 Å². The van der Waals surface area contributed by atoms with Gasteiger partial charge in [0.1, 0.15) is 0 Å². The van der Waals surface area contributed by atoms with Gasteiger partial charge in [-0.3, -0.25) is 0 Å². The molecule has 0 amide bonds. The van der Waals surface area contributed by atoms with E-state index in [0.29, 0.717) is 12.9 Å². The first-order valence-corrected chi connectivity index (χ1v) is 3.22. The maximum Gasteiger partial charge on any atom is 0.0712 e. The van der Waals surface area contributed by atoms with E-state index in [1.165, 1.54) is 0 Å². The fourth-order valence-corrected chi connectivity index (χ4v) is 0.490. The first-order valence-electron chi connectivity index (χ1n) is 3.22. The van der Waals surface area contributed by atoms with Crippen LogP contribution in [0.5, 0.6) is 0 Å². The molecule has 2 heteroatoms. The standard InChI is InChI=1S/C8H12BN/c1-2-3-4-5-8(6-9)7-10/h2-5H,1,6-7,10H2/b4-3-,8-5+. The topological polar surface area (TPSA) is 26.0 Å². The summed E-state index contributed by atoms with van der Waals surface area (Å²) < 4.78 is 0. The molecule has 0 saturated carbocycles. The highest BCUT2D eigenvalue weighted by atomic mass is 14.5. The zero-order valence-electron chi connectivity index (χ0n) is 6.09. The summed E-state index contributed by atoms with van der Waals surface area (Å²) in [5.41, 5.74) is 6.40. The van der Waals surface area contributed by atoms with E-state index < -0.39 is 0 Å². The van der Waals surface area contributed by atoms with E-state index in [-0.39, 0.29) is 0 Å². The molecular formula is C8H12BN. The van der Waals surface area contributed by atoms with Crippen LogP contribution in [0, 0.1) is 0 Å². The lowest BCUT2D eigenvalue weighted by atomic mass is 9.96. The Bertz CT molecular complexity index is 141. The molecule has 2 N–H and O–H groups in total. The Labute approximate surface area is 63.7 Å². The second-order valence-corrected chi connectivity index (χ2v) is 1.85. The van der Waals surface area contributed by atoms with Gasteiger partial charge >= 0.3 is 0 Å². The molecule has 0 aromatic rings. The zero-order chi connectivity index (χ0) is 7.82. The number of allylic oxidation sites excluding steroid dienone is 4. The fraction of sp³-hybridized carbons (Fsp3) is 0.250. The molecule has 0 bridgehead atoms. The molecule has 0 aliphatic heterocycles. The van der Waals surface area contributed by atoms with E-state index >= 15 is 0 Å².